The van der Waals surface area contributed by atoms with Gasteiger partial charge in [-0.25, -0.2) is 4.39 Å². The highest BCUT2D eigenvalue weighted by atomic mass is 35.5. The third-order valence-corrected chi connectivity index (χ3v) is 4.85. The van der Waals surface area contributed by atoms with Crippen LogP contribution in [0, 0.1) is 5.82 Å². The third kappa shape index (κ3) is 4.66. The molecule has 0 fully saturated rings. The summed E-state index contributed by atoms with van der Waals surface area (Å²) in [5, 5.41) is 9.54. The maximum absolute atomic E-state index is 12.9. The largest absolute Gasteiger partial charge is 0.481 e. The molecule has 0 radical (unpaired) electrons. The van der Waals surface area contributed by atoms with Crippen LogP contribution >= 0.6 is 35.0 Å². The molecule has 2 aromatic carbocycles. The van der Waals surface area contributed by atoms with Gasteiger partial charge < -0.3 is 9.15 Å². The molecule has 0 saturated heterocycles. The van der Waals surface area contributed by atoms with Crippen molar-refractivity contribution >= 4 is 35.0 Å². The SMILES string of the molecule is C[C@@H](Oc1ccc(F)cc1)c1nnc(SCc2c(Cl)cccc2Cl)o1. The van der Waals surface area contributed by atoms with Gasteiger partial charge in [0.15, 0.2) is 6.10 Å². The average Bonchev–Trinajstić information content (AvgIpc) is 3.06. The van der Waals surface area contributed by atoms with E-state index in [1.165, 1.54) is 36.0 Å². The Kier molecular flexibility index (Phi) is 5.83. The molecule has 0 N–H and O–H groups in total. The van der Waals surface area contributed by atoms with Crippen LogP contribution in [0.25, 0.3) is 0 Å². The summed E-state index contributed by atoms with van der Waals surface area (Å²) in [6.07, 6.45) is -0.462. The van der Waals surface area contributed by atoms with Crippen LogP contribution in [0.4, 0.5) is 4.39 Å². The molecule has 1 heterocycles. The number of nitrogens with zero attached hydrogens (tertiary/aromatic N) is 2. The van der Waals surface area contributed by atoms with Crippen LogP contribution in [0.5, 0.6) is 5.75 Å². The molecule has 0 spiro atoms. The van der Waals surface area contributed by atoms with Crippen molar-refractivity contribution in [3.63, 3.8) is 0 Å². The normalized spacial score (nSPS) is 12.2. The molecule has 8 heteroatoms. The van der Waals surface area contributed by atoms with Gasteiger partial charge in [-0.05, 0) is 48.9 Å². The van der Waals surface area contributed by atoms with Gasteiger partial charge >= 0.3 is 0 Å². The molecule has 1 aromatic heterocycles. The number of ether oxygens (including phenoxy) is 1. The Morgan fingerprint density at radius 1 is 1.12 bits per heavy atom. The predicted molar refractivity (Wildman–Crippen MR) is 95.8 cm³/mol. The van der Waals surface area contributed by atoms with Crippen LogP contribution in [-0.4, -0.2) is 10.2 Å². The second-order valence-corrected chi connectivity index (χ2v) is 6.85. The molecule has 0 bridgehead atoms. The lowest BCUT2D eigenvalue weighted by molar-refractivity contribution is 0.181. The molecule has 0 saturated carbocycles. The molecule has 0 unspecified atom stereocenters. The Labute approximate surface area is 158 Å². The summed E-state index contributed by atoms with van der Waals surface area (Å²) in [6.45, 7) is 1.77. The third-order valence-electron chi connectivity index (χ3n) is 3.30. The van der Waals surface area contributed by atoms with Crippen LogP contribution < -0.4 is 4.74 Å². The first-order valence-electron chi connectivity index (χ1n) is 7.34. The topological polar surface area (TPSA) is 48.2 Å². The molecule has 0 amide bonds. The number of hydrogen-bond acceptors (Lipinski definition) is 5. The van der Waals surface area contributed by atoms with Crippen molar-refractivity contribution in [3.8, 4) is 5.75 Å². The van der Waals surface area contributed by atoms with E-state index in [4.69, 9.17) is 32.4 Å². The molecule has 130 valence electrons. The minimum atomic E-state index is -0.462. The molecule has 0 aliphatic carbocycles. The first-order valence-corrected chi connectivity index (χ1v) is 9.08. The Bertz CT molecular complexity index is 838. The van der Waals surface area contributed by atoms with E-state index in [0.29, 0.717) is 32.7 Å². The number of halogens is 3. The van der Waals surface area contributed by atoms with Crippen molar-refractivity contribution < 1.29 is 13.5 Å². The highest BCUT2D eigenvalue weighted by molar-refractivity contribution is 7.98. The summed E-state index contributed by atoms with van der Waals surface area (Å²) in [6, 6.07) is 11.1. The van der Waals surface area contributed by atoms with Gasteiger partial charge in [-0.2, -0.15) is 0 Å². The highest BCUT2D eigenvalue weighted by Crippen LogP contribution is 2.31. The van der Waals surface area contributed by atoms with Crippen molar-refractivity contribution in [3.05, 3.63) is 69.8 Å². The van der Waals surface area contributed by atoms with Crippen LogP contribution in [0.1, 0.15) is 24.5 Å². The summed E-state index contributed by atoms with van der Waals surface area (Å²) < 4.78 is 24.2. The summed E-state index contributed by atoms with van der Waals surface area (Å²) >= 11 is 13.6. The molecular formula is C17H13Cl2FN2O2S. The summed E-state index contributed by atoms with van der Waals surface area (Å²) in [4.78, 5) is 0. The average molecular weight is 399 g/mol. The lowest BCUT2D eigenvalue weighted by Gasteiger charge is -2.10. The zero-order valence-electron chi connectivity index (χ0n) is 13.1. The molecule has 1 atom stereocenters. The number of benzene rings is 2. The van der Waals surface area contributed by atoms with E-state index in [1.807, 2.05) is 0 Å². The standard InChI is InChI=1S/C17H13Cl2FN2O2S/c1-10(23-12-7-5-11(20)6-8-12)16-21-22-17(24-16)25-9-13-14(18)3-2-4-15(13)19/h2-8,10H,9H2,1H3/t10-/m1/s1. The number of aromatic nitrogens is 2. The van der Waals surface area contributed by atoms with Gasteiger partial charge in [-0.1, -0.05) is 41.0 Å². The van der Waals surface area contributed by atoms with E-state index in [0.717, 1.165) is 5.56 Å². The molecule has 25 heavy (non-hydrogen) atoms. The summed E-state index contributed by atoms with van der Waals surface area (Å²) in [5.41, 5.74) is 0.811. The lowest BCUT2D eigenvalue weighted by atomic mass is 10.2. The second-order valence-electron chi connectivity index (χ2n) is 5.11. The zero-order chi connectivity index (χ0) is 17.8. The van der Waals surface area contributed by atoms with E-state index in [-0.39, 0.29) is 5.82 Å². The smallest absolute Gasteiger partial charge is 0.277 e. The van der Waals surface area contributed by atoms with Gasteiger partial charge in [0.1, 0.15) is 11.6 Å². The summed E-state index contributed by atoms with van der Waals surface area (Å²) in [5.74, 6) is 1.03. The molecule has 4 nitrogen and oxygen atoms in total. The molecule has 0 aliphatic heterocycles. The molecular weight excluding hydrogens is 386 g/mol. The minimum Gasteiger partial charge on any atom is -0.481 e. The summed E-state index contributed by atoms with van der Waals surface area (Å²) in [7, 11) is 0. The highest BCUT2D eigenvalue weighted by Gasteiger charge is 2.17. The van der Waals surface area contributed by atoms with Crippen molar-refractivity contribution in [2.75, 3.05) is 0 Å². The Morgan fingerprint density at radius 2 is 1.80 bits per heavy atom. The van der Waals surface area contributed by atoms with E-state index >= 15 is 0 Å². The van der Waals surface area contributed by atoms with Gasteiger partial charge in [0.25, 0.3) is 11.1 Å². The van der Waals surface area contributed by atoms with Gasteiger partial charge in [-0.3, -0.25) is 0 Å². The van der Waals surface area contributed by atoms with E-state index in [9.17, 15) is 4.39 Å². The number of thioether (sulfide) groups is 1. The zero-order valence-corrected chi connectivity index (χ0v) is 15.4. The minimum absolute atomic E-state index is 0.324. The van der Waals surface area contributed by atoms with E-state index in [2.05, 4.69) is 10.2 Å². The Hall–Kier alpha value is -1.76. The molecule has 3 aromatic rings. The van der Waals surface area contributed by atoms with Crippen molar-refractivity contribution in [1.29, 1.82) is 0 Å². The second kappa shape index (κ2) is 8.08. The fraction of sp³-hybridized carbons (Fsp3) is 0.176. The quantitative estimate of drug-likeness (QED) is 0.480. The van der Waals surface area contributed by atoms with Crippen molar-refractivity contribution in [1.82, 2.24) is 10.2 Å². The van der Waals surface area contributed by atoms with Crippen LogP contribution in [0.2, 0.25) is 10.0 Å². The van der Waals surface area contributed by atoms with Gasteiger partial charge in [0.05, 0.1) is 0 Å². The van der Waals surface area contributed by atoms with Gasteiger partial charge in [-0.15, -0.1) is 10.2 Å². The van der Waals surface area contributed by atoms with E-state index < -0.39 is 6.10 Å². The predicted octanol–water partition coefficient (Wildman–Crippen LogP) is 5.95. The van der Waals surface area contributed by atoms with Crippen LogP contribution in [0.3, 0.4) is 0 Å². The maximum atomic E-state index is 12.9. The number of hydrogen-bond donors (Lipinski definition) is 0. The van der Waals surface area contributed by atoms with Gasteiger partial charge in [0.2, 0.25) is 0 Å². The molecule has 0 aliphatic rings. The van der Waals surface area contributed by atoms with Crippen molar-refractivity contribution in [2.24, 2.45) is 0 Å². The monoisotopic (exact) mass is 398 g/mol. The number of rotatable bonds is 6. The first kappa shape index (κ1) is 18.0. The van der Waals surface area contributed by atoms with Crippen LogP contribution in [0.15, 0.2) is 52.1 Å². The maximum Gasteiger partial charge on any atom is 0.277 e. The Balaban J connectivity index is 1.62. The van der Waals surface area contributed by atoms with Crippen molar-refractivity contribution in [2.45, 2.75) is 24.0 Å². The first-order chi connectivity index (χ1) is 12.0. The fourth-order valence-electron chi connectivity index (χ4n) is 2.01. The van der Waals surface area contributed by atoms with Crippen LogP contribution in [-0.2, 0) is 5.75 Å². The fourth-order valence-corrected chi connectivity index (χ4v) is 3.53. The lowest BCUT2D eigenvalue weighted by Crippen LogP contribution is -2.03. The van der Waals surface area contributed by atoms with Gasteiger partial charge in [0, 0.05) is 15.8 Å². The Morgan fingerprint density at radius 3 is 2.48 bits per heavy atom. The molecule has 3 rings (SSSR count). The van der Waals surface area contributed by atoms with E-state index in [1.54, 1.807) is 25.1 Å².